The summed E-state index contributed by atoms with van der Waals surface area (Å²) in [5.41, 5.74) is 3.98. The number of likely N-dealkylation sites (tertiary alicyclic amines) is 1. The first-order valence-corrected chi connectivity index (χ1v) is 9.35. The molecule has 5 nitrogen and oxygen atoms in total. The van der Waals surface area contributed by atoms with Crippen LogP contribution in [0.1, 0.15) is 73.5 Å². The van der Waals surface area contributed by atoms with E-state index in [-0.39, 0.29) is 17.9 Å². The summed E-state index contributed by atoms with van der Waals surface area (Å²) < 4.78 is 5.34. The first-order valence-electron chi connectivity index (χ1n) is 9.35. The molecule has 1 aromatic heterocycles. The van der Waals surface area contributed by atoms with Crippen LogP contribution >= 0.6 is 0 Å². The Morgan fingerprint density at radius 2 is 2.12 bits per heavy atom. The van der Waals surface area contributed by atoms with Gasteiger partial charge in [0.05, 0.1) is 12.5 Å². The van der Waals surface area contributed by atoms with Crippen LogP contribution in [0.4, 0.5) is 0 Å². The van der Waals surface area contributed by atoms with E-state index >= 15 is 0 Å². The minimum atomic E-state index is -0.0434. The molecule has 2 aromatic rings. The van der Waals surface area contributed by atoms with Gasteiger partial charge in [0.2, 0.25) is 11.8 Å². The quantitative estimate of drug-likeness (QED) is 0.854. The molecule has 1 aliphatic carbocycles. The normalized spacial score (nSPS) is 19.6. The number of amides is 1. The number of carbonyl (C=O) groups is 1. The summed E-state index contributed by atoms with van der Waals surface area (Å²) >= 11 is 0. The SMILES string of the molecule is CC(C)c1nc(C2CCCN2C(=O)Cc2ccc3c(c2)CCC3)no1. The summed E-state index contributed by atoms with van der Waals surface area (Å²) in [6, 6.07) is 6.48. The average Bonchev–Trinajstić information content (AvgIpc) is 3.33. The predicted octanol–water partition coefficient (Wildman–Crippen LogP) is 3.59. The predicted molar refractivity (Wildman–Crippen MR) is 94.2 cm³/mol. The highest BCUT2D eigenvalue weighted by Crippen LogP contribution is 2.32. The third-order valence-electron chi connectivity index (χ3n) is 5.34. The van der Waals surface area contributed by atoms with Crippen molar-refractivity contribution in [1.82, 2.24) is 15.0 Å². The zero-order valence-electron chi connectivity index (χ0n) is 15.0. The van der Waals surface area contributed by atoms with Crippen molar-refractivity contribution >= 4 is 5.91 Å². The largest absolute Gasteiger partial charge is 0.339 e. The van der Waals surface area contributed by atoms with E-state index in [9.17, 15) is 4.79 Å². The molecule has 0 radical (unpaired) electrons. The van der Waals surface area contributed by atoms with Crippen LogP contribution in [0, 0.1) is 0 Å². The molecule has 1 aromatic carbocycles. The second kappa shape index (κ2) is 6.62. The van der Waals surface area contributed by atoms with Crippen molar-refractivity contribution in [3.63, 3.8) is 0 Å². The number of benzene rings is 1. The van der Waals surface area contributed by atoms with Crippen molar-refractivity contribution in [2.24, 2.45) is 0 Å². The van der Waals surface area contributed by atoms with Gasteiger partial charge >= 0.3 is 0 Å². The first kappa shape index (κ1) is 16.3. The molecule has 5 heteroatoms. The second-order valence-electron chi connectivity index (χ2n) is 7.52. The van der Waals surface area contributed by atoms with Crippen LogP contribution in [-0.4, -0.2) is 27.5 Å². The van der Waals surface area contributed by atoms with Crippen molar-refractivity contribution in [3.8, 4) is 0 Å². The molecule has 1 unspecified atom stereocenters. The Morgan fingerprint density at radius 3 is 2.92 bits per heavy atom. The first-order chi connectivity index (χ1) is 12.1. The molecule has 0 saturated carbocycles. The number of nitrogens with zero attached hydrogens (tertiary/aromatic N) is 3. The van der Waals surface area contributed by atoms with E-state index in [4.69, 9.17) is 4.52 Å². The van der Waals surface area contributed by atoms with Gasteiger partial charge in [-0.1, -0.05) is 37.2 Å². The summed E-state index contributed by atoms with van der Waals surface area (Å²) in [6.07, 6.45) is 5.91. The Morgan fingerprint density at radius 1 is 1.28 bits per heavy atom. The monoisotopic (exact) mass is 339 g/mol. The fourth-order valence-corrected chi connectivity index (χ4v) is 3.96. The maximum atomic E-state index is 12.9. The van der Waals surface area contributed by atoms with Crippen molar-refractivity contribution in [2.75, 3.05) is 6.54 Å². The Kier molecular flexibility index (Phi) is 4.32. The van der Waals surface area contributed by atoms with E-state index in [1.807, 2.05) is 18.7 Å². The maximum absolute atomic E-state index is 12.9. The van der Waals surface area contributed by atoms with E-state index in [0.717, 1.165) is 31.4 Å². The third-order valence-corrected chi connectivity index (χ3v) is 5.34. The number of hydrogen-bond acceptors (Lipinski definition) is 4. The number of carbonyl (C=O) groups excluding carboxylic acids is 1. The van der Waals surface area contributed by atoms with Gasteiger partial charge in [-0.2, -0.15) is 4.98 Å². The molecule has 1 fully saturated rings. The van der Waals surface area contributed by atoms with Crippen molar-refractivity contribution in [1.29, 1.82) is 0 Å². The second-order valence-corrected chi connectivity index (χ2v) is 7.52. The smallest absolute Gasteiger partial charge is 0.229 e. The third kappa shape index (κ3) is 3.20. The van der Waals surface area contributed by atoms with Crippen molar-refractivity contribution in [3.05, 3.63) is 46.6 Å². The number of fused-ring (bicyclic) bond motifs is 1. The van der Waals surface area contributed by atoms with E-state index in [2.05, 4.69) is 28.3 Å². The molecule has 1 saturated heterocycles. The van der Waals surface area contributed by atoms with E-state index < -0.39 is 0 Å². The van der Waals surface area contributed by atoms with Crippen LogP contribution in [0.5, 0.6) is 0 Å². The lowest BCUT2D eigenvalue weighted by Crippen LogP contribution is -2.32. The molecule has 25 heavy (non-hydrogen) atoms. The van der Waals surface area contributed by atoms with E-state index in [1.165, 1.54) is 24.0 Å². The highest BCUT2D eigenvalue weighted by atomic mass is 16.5. The van der Waals surface area contributed by atoms with Crippen molar-refractivity contribution < 1.29 is 9.32 Å². The van der Waals surface area contributed by atoms with Crippen LogP contribution in [0.25, 0.3) is 0 Å². The number of rotatable bonds is 4. The van der Waals surface area contributed by atoms with Gasteiger partial charge in [0.15, 0.2) is 5.82 Å². The summed E-state index contributed by atoms with van der Waals surface area (Å²) in [7, 11) is 0. The van der Waals surface area contributed by atoms with E-state index in [1.54, 1.807) is 0 Å². The molecule has 4 rings (SSSR count). The standard InChI is InChI=1S/C20H25N3O2/c1-13(2)20-21-19(22-25-20)17-7-4-10-23(17)18(24)12-14-8-9-15-5-3-6-16(15)11-14/h8-9,11,13,17H,3-7,10,12H2,1-2H3. The zero-order chi connectivity index (χ0) is 17.4. The Hall–Kier alpha value is -2.17. The summed E-state index contributed by atoms with van der Waals surface area (Å²) in [5.74, 6) is 1.67. The lowest BCUT2D eigenvalue weighted by atomic mass is 10.0. The van der Waals surface area contributed by atoms with Crippen molar-refractivity contribution in [2.45, 2.75) is 64.3 Å². The lowest BCUT2D eigenvalue weighted by Gasteiger charge is -2.22. The van der Waals surface area contributed by atoms with Crippen LogP contribution in [0.15, 0.2) is 22.7 Å². The summed E-state index contributed by atoms with van der Waals surface area (Å²) in [5, 5.41) is 4.13. The molecule has 2 aliphatic rings. The van der Waals surface area contributed by atoms with Gasteiger partial charge in [0, 0.05) is 12.5 Å². The van der Waals surface area contributed by atoms with E-state index in [0.29, 0.717) is 18.1 Å². The molecule has 132 valence electrons. The molecule has 2 heterocycles. The fraction of sp³-hybridized carbons (Fsp3) is 0.550. The average molecular weight is 339 g/mol. The molecule has 1 amide bonds. The Labute approximate surface area is 148 Å². The van der Waals surface area contributed by atoms with Gasteiger partial charge in [0.1, 0.15) is 0 Å². The van der Waals surface area contributed by atoms with Crippen LogP contribution in [0.2, 0.25) is 0 Å². The lowest BCUT2D eigenvalue weighted by molar-refractivity contribution is -0.131. The maximum Gasteiger partial charge on any atom is 0.229 e. The highest BCUT2D eigenvalue weighted by Gasteiger charge is 2.33. The highest BCUT2D eigenvalue weighted by molar-refractivity contribution is 5.79. The van der Waals surface area contributed by atoms with Gasteiger partial charge in [0.25, 0.3) is 0 Å². The molecule has 1 atom stereocenters. The Bertz CT molecular complexity index is 781. The molecule has 0 bridgehead atoms. The number of aromatic nitrogens is 2. The van der Waals surface area contributed by atoms with Gasteiger partial charge in [-0.15, -0.1) is 0 Å². The van der Waals surface area contributed by atoms with Gasteiger partial charge in [-0.3, -0.25) is 4.79 Å². The summed E-state index contributed by atoms with van der Waals surface area (Å²) in [4.78, 5) is 19.3. The number of hydrogen-bond donors (Lipinski definition) is 0. The van der Waals surface area contributed by atoms with Crippen LogP contribution in [0.3, 0.4) is 0 Å². The van der Waals surface area contributed by atoms with Gasteiger partial charge < -0.3 is 9.42 Å². The molecule has 1 aliphatic heterocycles. The molecule has 0 N–H and O–H groups in total. The molecular weight excluding hydrogens is 314 g/mol. The molecule has 0 spiro atoms. The van der Waals surface area contributed by atoms with Gasteiger partial charge in [-0.05, 0) is 48.8 Å². The van der Waals surface area contributed by atoms with Crippen LogP contribution in [-0.2, 0) is 24.1 Å². The minimum absolute atomic E-state index is 0.0434. The molecular formula is C20H25N3O2. The van der Waals surface area contributed by atoms with Crippen LogP contribution < -0.4 is 0 Å². The Balaban J connectivity index is 1.48. The van der Waals surface area contributed by atoms with Gasteiger partial charge in [-0.25, -0.2) is 0 Å². The topological polar surface area (TPSA) is 59.2 Å². The summed E-state index contributed by atoms with van der Waals surface area (Å²) in [6.45, 7) is 4.84. The number of aryl methyl sites for hydroxylation is 2. The minimum Gasteiger partial charge on any atom is -0.339 e. The fourth-order valence-electron chi connectivity index (χ4n) is 3.96. The zero-order valence-corrected chi connectivity index (χ0v) is 15.0.